The third-order valence-corrected chi connectivity index (χ3v) is 6.10. The number of amides is 1. The molecule has 1 atom stereocenters. The zero-order valence-electron chi connectivity index (χ0n) is 9.69. The molecule has 1 aromatic rings. The van der Waals surface area contributed by atoms with Crippen molar-refractivity contribution < 1.29 is 9.90 Å². The highest BCUT2D eigenvalue weighted by atomic mass is 79.9. The molecular formula is C12H14BrNO2S2. The number of carbonyl (C=O) groups excluding carboxylic acids is 1. The van der Waals surface area contributed by atoms with E-state index >= 15 is 0 Å². The van der Waals surface area contributed by atoms with Gasteiger partial charge in [0.15, 0.2) is 0 Å². The van der Waals surface area contributed by atoms with Crippen molar-refractivity contribution in [2.45, 2.75) is 5.25 Å². The molecule has 0 bridgehead atoms. The molecule has 6 heteroatoms. The number of hydrogen-bond acceptors (Lipinski definition) is 4. The summed E-state index contributed by atoms with van der Waals surface area (Å²) in [4.78, 5) is 11.9. The Hall–Kier alpha value is -0.330. The summed E-state index contributed by atoms with van der Waals surface area (Å²) in [5, 5.41) is 12.9. The van der Waals surface area contributed by atoms with Gasteiger partial charge in [-0.15, -0.1) is 0 Å². The summed E-state index contributed by atoms with van der Waals surface area (Å²) >= 11 is 7.04. The Balaban J connectivity index is 1.88. The largest absolute Gasteiger partial charge is 0.507 e. The number of halogens is 1. The third-order valence-electron chi connectivity index (χ3n) is 2.58. The van der Waals surface area contributed by atoms with Gasteiger partial charge in [-0.25, -0.2) is 0 Å². The smallest absolute Gasteiger partial charge is 0.251 e. The summed E-state index contributed by atoms with van der Waals surface area (Å²) in [6.07, 6.45) is 0. The molecule has 1 fully saturated rings. The molecule has 0 saturated carbocycles. The van der Waals surface area contributed by atoms with Gasteiger partial charge in [0.05, 0.1) is 4.47 Å². The van der Waals surface area contributed by atoms with Crippen molar-refractivity contribution in [1.29, 1.82) is 0 Å². The molecule has 0 aromatic heterocycles. The molecule has 1 heterocycles. The average molecular weight is 348 g/mol. The zero-order chi connectivity index (χ0) is 13.0. The van der Waals surface area contributed by atoms with Crippen molar-refractivity contribution in [2.75, 3.05) is 23.8 Å². The molecule has 3 nitrogen and oxygen atoms in total. The fraction of sp³-hybridized carbons (Fsp3) is 0.417. The van der Waals surface area contributed by atoms with Crippen LogP contribution in [0.2, 0.25) is 0 Å². The quantitative estimate of drug-likeness (QED) is 0.882. The van der Waals surface area contributed by atoms with E-state index < -0.39 is 0 Å². The average Bonchev–Trinajstić information content (AvgIpc) is 2.40. The van der Waals surface area contributed by atoms with Crippen LogP contribution in [0.5, 0.6) is 5.75 Å². The SMILES string of the molecule is O=C(NCC1CSCCS1)c1ccc(Br)c(O)c1. The first-order valence-corrected chi connectivity index (χ1v) is 8.62. The van der Waals surface area contributed by atoms with Crippen LogP contribution in [0.4, 0.5) is 0 Å². The lowest BCUT2D eigenvalue weighted by Gasteiger charge is -2.21. The molecule has 0 aliphatic carbocycles. The van der Waals surface area contributed by atoms with Crippen LogP contribution in [-0.2, 0) is 0 Å². The minimum atomic E-state index is -0.131. The summed E-state index contributed by atoms with van der Waals surface area (Å²) in [5.74, 6) is 3.41. The monoisotopic (exact) mass is 347 g/mol. The summed E-state index contributed by atoms with van der Waals surface area (Å²) in [5.41, 5.74) is 0.490. The number of aromatic hydroxyl groups is 1. The molecule has 2 rings (SSSR count). The highest BCUT2D eigenvalue weighted by Crippen LogP contribution is 2.25. The van der Waals surface area contributed by atoms with Gasteiger partial charge in [-0.1, -0.05) is 0 Å². The molecule has 1 saturated heterocycles. The van der Waals surface area contributed by atoms with Crippen LogP contribution in [0.15, 0.2) is 22.7 Å². The first kappa shape index (κ1) is 14.1. The van der Waals surface area contributed by atoms with Crippen molar-refractivity contribution in [1.82, 2.24) is 5.32 Å². The maximum atomic E-state index is 11.9. The number of carbonyl (C=O) groups is 1. The minimum absolute atomic E-state index is 0.0882. The zero-order valence-corrected chi connectivity index (χ0v) is 12.9. The molecule has 18 heavy (non-hydrogen) atoms. The molecule has 98 valence electrons. The number of thioether (sulfide) groups is 2. The van der Waals surface area contributed by atoms with Crippen LogP contribution >= 0.6 is 39.5 Å². The van der Waals surface area contributed by atoms with E-state index in [1.165, 1.54) is 11.8 Å². The molecule has 0 spiro atoms. The Morgan fingerprint density at radius 1 is 1.50 bits per heavy atom. The first-order chi connectivity index (χ1) is 8.66. The maximum Gasteiger partial charge on any atom is 0.251 e. The topological polar surface area (TPSA) is 49.3 Å². The van der Waals surface area contributed by atoms with Crippen LogP contribution < -0.4 is 5.32 Å². The second-order valence-corrected chi connectivity index (χ2v) is 7.36. The molecule has 1 aliphatic rings. The van der Waals surface area contributed by atoms with E-state index in [0.29, 0.717) is 21.8 Å². The Bertz CT molecular complexity index is 436. The number of phenolic OH excluding ortho intramolecular Hbond substituents is 1. The second-order valence-electron chi connectivity index (χ2n) is 3.94. The van der Waals surface area contributed by atoms with Gasteiger partial charge in [0.25, 0.3) is 5.91 Å². The number of phenols is 1. The first-order valence-electron chi connectivity index (χ1n) is 5.63. The van der Waals surface area contributed by atoms with Crippen LogP contribution in [0, 0.1) is 0 Å². The van der Waals surface area contributed by atoms with E-state index in [4.69, 9.17) is 0 Å². The molecule has 1 amide bonds. The summed E-state index contributed by atoms with van der Waals surface area (Å²) in [6.45, 7) is 0.688. The summed E-state index contributed by atoms with van der Waals surface area (Å²) in [6, 6.07) is 4.85. The van der Waals surface area contributed by atoms with Gasteiger partial charge in [-0.3, -0.25) is 4.79 Å². The third kappa shape index (κ3) is 3.83. The Kier molecular flexibility index (Phi) is 5.26. The number of benzene rings is 1. The Labute approximate surface area is 123 Å². The van der Waals surface area contributed by atoms with E-state index in [1.54, 1.807) is 12.1 Å². The molecule has 1 unspecified atom stereocenters. The normalized spacial score (nSPS) is 19.5. The second kappa shape index (κ2) is 6.73. The standard InChI is InChI=1S/C12H14BrNO2S2/c13-10-2-1-8(5-11(10)15)12(16)14-6-9-7-17-3-4-18-9/h1-2,5,9,15H,3-4,6-7H2,(H,14,16). The van der Waals surface area contributed by atoms with E-state index in [2.05, 4.69) is 21.2 Å². The van der Waals surface area contributed by atoms with E-state index in [-0.39, 0.29) is 11.7 Å². The lowest BCUT2D eigenvalue weighted by Crippen LogP contribution is -2.33. The van der Waals surface area contributed by atoms with Crippen molar-refractivity contribution in [3.63, 3.8) is 0 Å². The van der Waals surface area contributed by atoms with Gasteiger partial charge in [-0.05, 0) is 34.1 Å². The van der Waals surface area contributed by atoms with E-state index in [9.17, 15) is 9.90 Å². The lowest BCUT2D eigenvalue weighted by atomic mass is 10.2. The number of hydrogen-bond donors (Lipinski definition) is 2. The minimum Gasteiger partial charge on any atom is -0.507 e. The fourth-order valence-electron chi connectivity index (χ4n) is 1.62. The van der Waals surface area contributed by atoms with Gasteiger partial charge in [0.1, 0.15) is 5.75 Å². The Morgan fingerprint density at radius 3 is 3.00 bits per heavy atom. The maximum absolute atomic E-state index is 11.9. The molecule has 0 radical (unpaired) electrons. The summed E-state index contributed by atoms with van der Waals surface area (Å²) in [7, 11) is 0. The van der Waals surface area contributed by atoms with Crippen LogP contribution in [0.25, 0.3) is 0 Å². The van der Waals surface area contributed by atoms with Gasteiger partial charge in [-0.2, -0.15) is 23.5 Å². The number of nitrogens with one attached hydrogen (secondary N) is 1. The highest BCUT2D eigenvalue weighted by Gasteiger charge is 2.16. The van der Waals surface area contributed by atoms with Crippen LogP contribution in [-0.4, -0.2) is 40.1 Å². The van der Waals surface area contributed by atoms with E-state index in [0.717, 1.165) is 11.5 Å². The van der Waals surface area contributed by atoms with Gasteiger partial charge in [0.2, 0.25) is 0 Å². The van der Waals surface area contributed by atoms with Gasteiger partial charge < -0.3 is 10.4 Å². The summed E-state index contributed by atoms with van der Waals surface area (Å²) < 4.78 is 0.596. The predicted octanol–water partition coefficient (Wildman–Crippen LogP) is 2.73. The highest BCUT2D eigenvalue weighted by molar-refractivity contribution is 9.10. The van der Waals surface area contributed by atoms with Crippen molar-refractivity contribution in [3.05, 3.63) is 28.2 Å². The van der Waals surface area contributed by atoms with Crippen molar-refractivity contribution in [2.24, 2.45) is 0 Å². The number of rotatable bonds is 3. The molecule has 1 aliphatic heterocycles. The van der Waals surface area contributed by atoms with Crippen molar-refractivity contribution in [3.8, 4) is 5.75 Å². The molecular weight excluding hydrogens is 334 g/mol. The fourth-order valence-corrected chi connectivity index (χ4v) is 4.48. The van der Waals surface area contributed by atoms with Gasteiger partial charge in [0, 0.05) is 34.6 Å². The Morgan fingerprint density at radius 2 is 2.33 bits per heavy atom. The molecule has 2 N–H and O–H groups in total. The van der Waals surface area contributed by atoms with Crippen molar-refractivity contribution >= 4 is 45.4 Å². The predicted molar refractivity (Wildman–Crippen MR) is 81.7 cm³/mol. The van der Waals surface area contributed by atoms with Gasteiger partial charge >= 0.3 is 0 Å². The van der Waals surface area contributed by atoms with Crippen LogP contribution in [0.3, 0.4) is 0 Å². The molecule has 1 aromatic carbocycles. The lowest BCUT2D eigenvalue weighted by molar-refractivity contribution is 0.0954. The van der Waals surface area contributed by atoms with E-state index in [1.807, 2.05) is 23.5 Å². The van der Waals surface area contributed by atoms with Crippen LogP contribution in [0.1, 0.15) is 10.4 Å².